The van der Waals surface area contributed by atoms with E-state index in [9.17, 15) is 28.8 Å². The summed E-state index contributed by atoms with van der Waals surface area (Å²) in [5, 5.41) is 11.2. The van der Waals surface area contributed by atoms with Crippen LogP contribution in [0.3, 0.4) is 0 Å². The van der Waals surface area contributed by atoms with Crippen molar-refractivity contribution in [2.75, 3.05) is 26.7 Å². The fraction of sp³-hybridized carbons (Fsp3) is 0.758. The molecule has 6 amide bonds. The van der Waals surface area contributed by atoms with E-state index in [0.717, 1.165) is 12.8 Å². The molecule has 4 N–H and O–H groups in total. The number of carbonyl (C=O) groups is 6. The van der Waals surface area contributed by atoms with Crippen LogP contribution < -0.4 is 21.3 Å². The highest BCUT2D eigenvalue weighted by molar-refractivity contribution is 6.38. The van der Waals surface area contributed by atoms with Gasteiger partial charge in [0.05, 0.1) is 6.04 Å². The van der Waals surface area contributed by atoms with Gasteiger partial charge in [0.15, 0.2) is 0 Å². The molecule has 12 heteroatoms. The van der Waals surface area contributed by atoms with Gasteiger partial charge in [-0.1, -0.05) is 61.5 Å². The number of rotatable bonds is 12. The van der Waals surface area contributed by atoms with Gasteiger partial charge in [0.2, 0.25) is 23.5 Å². The van der Waals surface area contributed by atoms with Crippen LogP contribution in [-0.2, 0) is 24.0 Å². The zero-order valence-corrected chi connectivity index (χ0v) is 28.7. The fourth-order valence-electron chi connectivity index (χ4n) is 6.36. The number of likely N-dealkylation sites (tertiary alicyclic amines) is 1. The Morgan fingerprint density at radius 2 is 1.58 bits per heavy atom. The third kappa shape index (κ3) is 8.24. The zero-order chi connectivity index (χ0) is 34.2. The van der Waals surface area contributed by atoms with Crippen molar-refractivity contribution in [2.45, 2.75) is 99.3 Å². The summed E-state index contributed by atoms with van der Waals surface area (Å²) in [5.41, 5.74) is -1.27. The molecule has 0 bridgehead atoms. The van der Waals surface area contributed by atoms with Gasteiger partial charge in [-0.15, -0.1) is 6.58 Å². The molecule has 1 unspecified atom stereocenters. The largest absolute Gasteiger partial charge is 0.346 e. The summed E-state index contributed by atoms with van der Waals surface area (Å²) in [6.07, 6.45) is 2.92. The maximum Gasteiger partial charge on any atom is 0.315 e. The van der Waals surface area contributed by atoms with Gasteiger partial charge in [0, 0.05) is 33.6 Å². The molecule has 0 aromatic heterocycles. The van der Waals surface area contributed by atoms with Crippen LogP contribution in [0, 0.1) is 34.0 Å². The van der Waals surface area contributed by atoms with Gasteiger partial charge >= 0.3 is 6.03 Å². The molecule has 3 aliphatic rings. The first kappa shape index (κ1) is 36.0. The van der Waals surface area contributed by atoms with Crippen LogP contribution in [0.1, 0.15) is 75.2 Å². The Kier molecular flexibility index (Phi) is 10.5. The molecule has 252 valence electrons. The van der Waals surface area contributed by atoms with Gasteiger partial charge < -0.3 is 31.1 Å². The number of amides is 6. The molecule has 6 atom stereocenters. The van der Waals surface area contributed by atoms with E-state index in [2.05, 4.69) is 41.7 Å². The lowest BCUT2D eigenvalue weighted by atomic mass is 9.85. The number of ketones is 1. The highest BCUT2D eigenvalue weighted by Gasteiger charge is 2.70. The quantitative estimate of drug-likeness (QED) is 0.190. The Balaban J connectivity index is 1.82. The van der Waals surface area contributed by atoms with E-state index in [1.54, 1.807) is 11.9 Å². The number of urea groups is 1. The van der Waals surface area contributed by atoms with Crippen LogP contribution >= 0.6 is 0 Å². The standard InChI is InChI=1S/C33H54N6O6/c1-12-15-34-28(43)25(41)23(19-13-14-19)36-27(42)24-22-20(33(22,9)10)16-39(24)29(44)26(32(6,7)8)37-30(45)35-21(31(3,4)5)17-38(11)18(2)40/h12,19-24,26H,1,13-17H2,2-11H3,(H,34,43)(H,36,42)(H2,35,37,45)/t20-,21+,22-,23?,24-,26+/m0/s1. The summed E-state index contributed by atoms with van der Waals surface area (Å²) in [6, 6.07) is -3.73. The third-order valence-corrected chi connectivity index (χ3v) is 9.80. The monoisotopic (exact) mass is 630 g/mol. The minimum atomic E-state index is -0.968. The molecular formula is C33H54N6O6. The number of hydrogen-bond donors (Lipinski definition) is 4. The summed E-state index contributed by atoms with van der Waals surface area (Å²) in [4.78, 5) is 82.1. The van der Waals surface area contributed by atoms with Crippen LogP contribution in [0.2, 0.25) is 0 Å². The molecule has 45 heavy (non-hydrogen) atoms. The average molecular weight is 631 g/mol. The number of nitrogens with zero attached hydrogens (tertiary/aromatic N) is 2. The molecule has 1 heterocycles. The van der Waals surface area contributed by atoms with Gasteiger partial charge in [-0.2, -0.15) is 0 Å². The van der Waals surface area contributed by atoms with Crippen LogP contribution in [0.4, 0.5) is 4.79 Å². The minimum Gasteiger partial charge on any atom is -0.346 e. The van der Waals surface area contributed by atoms with Gasteiger partial charge in [0.1, 0.15) is 18.1 Å². The predicted octanol–water partition coefficient (Wildman–Crippen LogP) is 1.84. The molecule has 2 aliphatic carbocycles. The second-order valence-corrected chi connectivity index (χ2v) is 15.8. The molecule has 1 saturated heterocycles. The van der Waals surface area contributed by atoms with Gasteiger partial charge in [0.25, 0.3) is 5.91 Å². The van der Waals surface area contributed by atoms with E-state index in [1.165, 1.54) is 17.9 Å². The molecule has 0 radical (unpaired) electrons. The molecule has 12 nitrogen and oxygen atoms in total. The van der Waals surface area contributed by atoms with Crippen molar-refractivity contribution >= 4 is 35.4 Å². The van der Waals surface area contributed by atoms with Crippen LogP contribution in [0.15, 0.2) is 12.7 Å². The average Bonchev–Trinajstić information content (AvgIpc) is 3.79. The number of nitrogens with one attached hydrogen (secondary N) is 4. The maximum absolute atomic E-state index is 14.3. The van der Waals surface area contributed by atoms with Crippen molar-refractivity contribution < 1.29 is 28.8 Å². The van der Waals surface area contributed by atoms with E-state index >= 15 is 0 Å². The molecular weight excluding hydrogens is 576 g/mol. The lowest BCUT2D eigenvalue weighted by Crippen LogP contribution is -2.63. The first-order valence-corrected chi connectivity index (χ1v) is 15.9. The van der Waals surface area contributed by atoms with Gasteiger partial charge in [-0.3, -0.25) is 24.0 Å². The highest BCUT2D eigenvalue weighted by atomic mass is 16.2. The molecule has 1 aliphatic heterocycles. The Morgan fingerprint density at radius 3 is 2.07 bits per heavy atom. The summed E-state index contributed by atoms with van der Waals surface area (Å²) < 4.78 is 0. The van der Waals surface area contributed by atoms with E-state index in [4.69, 9.17) is 0 Å². The summed E-state index contributed by atoms with van der Waals surface area (Å²) in [5.74, 6) is -2.61. The number of carbonyl (C=O) groups excluding carboxylic acids is 6. The lowest BCUT2D eigenvalue weighted by molar-refractivity contribution is -0.145. The smallest absolute Gasteiger partial charge is 0.315 e. The van der Waals surface area contributed by atoms with Crippen LogP contribution in [-0.4, -0.2) is 96.1 Å². The van der Waals surface area contributed by atoms with Crippen molar-refractivity contribution in [3.8, 4) is 0 Å². The molecule has 3 fully saturated rings. The summed E-state index contributed by atoms with van der Waals surface area (Å²) >= 11 is 0. The van der Waals surface area contributed by atoms with Crippen molar-refractivity contribution in [2.24, 2.45) is 34.0 Å². The van der Waals surface area contributed by atoms with Crippen molar-refractivity contribution in [3.05, 3.63) is 12.7 Å². The number of fused-ring (bicyclic) bond motifs is 1. The van der Waals surface area contributed by atoms with E-state index in [1.807, 2.05) is 41.5 Å². The highest BCUT2D eigenvalue weighted by Crippen LogP contribution is 2.65. The Bertz CT molecular complexity index is 1210. The number of piperidine rings is 1. The second kappa shape index (κ2) is 13.1. The Labute approximate surface area is 267 Å². The second-order valence-electron chi connectivity index (χ2n) is 15.8. The van der Waals surface area contributed by atoms with Crippen molar-refractivity contribution in [1.29, 1.82) is 0 Å². The maximum atomic E-state index is 14.3. The van der Waals surface area contributed by atoms with E-state index in [-0.39, 0.29) is 46.9 Å². The first-order valence-electron chi connectivity index (χ1n) is 15.9. The first-order chi connectivity index (χ1) is 20.6. The van der Waals surface area contributed by atoms with Crippen LogP contribution in [0.25, 0.3) is 0 Å². The number of Topliss-reactive ketones (excluding diaryl/α,β-unsaturated/α-hetero) is 1. The normalized spacial score (nSPS) is 23.9. The minimum absolute atomic E-state index is 0.0880. The molecule has 0 aromatic carbocycles. The SMILES string of the molecule is C=CCNC(=O)C(=O)C(NC(=O)[C@@H]1[C@@H]2[C@H](CN1C(=O)[C@@H](NC(=O)N[C@H](CN(C)C(C)=O)C(C)(C)C)C(C)(C)C)C2(C)C)C1CC1. The number of likely N-dealkylation sites (N-methyl/N-ethyl adjacent to an activating group) is 1. The van der Waals surface area contributed by atoms with E-state index < -0.39 is 53.2 Å². The van der Waals surface area contributed by atoms with Crippen molar-refractivity contribution in [3.63, 3.8) is 0 Å². The van der Waals surface area contributed by atoms with Crippen molar-refractivity contribution in [1.82, 2.24) is 31.1 Å². The molecule has 3 rings (SSSR count). The van der Waals surface area contributed by atoms with Crippen LogP contribution in [0.5, 0.6) is 0 Å². The number of hydrogen-bond acceptors (Lipinski definition) is 6. The zero-order valence-electron chi connectivity index (χ0n) is 28.7. The Hall–Kier alpha value is -3.44. The lowest BCUT2D eigenvalue weighted by Gasteiger charge is -2.39. The topological polar surface area (TPSA) is 157 Å². The van der Waals surface area contributed by atoms with Gasteiger partial charge in [-0.05, 0) is 46.8 Å². The molecule has 2 saturated carbocycles. The fourth-order valence-corrected chi connectivity index (χ4v) is 6.36. The predicted molar refractivity (Wildman–Crippen MR) is 171 cm³/mol. The Morgan fingerprint density at radius 1 is 0.978 bits per heavy atom. The third-order valence-electron chi connectivity index (χ3n) is 9.80. The van der Waals surface area contributed by atoms with E-state index in [0.29, 0.717) is 13.1 Å². The summed E-state index contributed by atoms with van der Waals surface area (Å²) in [6.45, 7) is 21.3. The molecule has 0 spiro atoms. The summed E-state index contributed by atoms with van der Waals surface area (Å²) in [7, 11) is 1.67. The molecule has 0 aromatic rings. The van der Waals surface area contributed by atoms with Gasteiger partial charge in [-0.25, -0.2) is 4.79 Å².